The standard InChI is InChI=1S/C19H21BrClN3O/c1-25-19-7-6-15(12-17(19)20)13-22-24-10-8-23(9-11-24)14-16-4-2-3-5-18(16)21/h2-7,12-13H,8-11,14H2,1H3. The molecule has 6 heteroatoms. The average molecular weight is 423 g/mol. The van der Waals surface area contributed by atoms with Crippen LogP contribution in [0.2, 0.25) is 5.02 Å². The molecule has 0 aliphatic carbocycles. The molecule has 0 amide bonds. The van der Waals surface area contributed by atoms with Gasteiger partial charge in [0.25, 0.3) is 0 Å². The number of piperazine rings is 1. The number of halogens is 2. The van der Waals surface area contributed by atoms with Gasteiger partial charge in [0.15, 0.2) is 0 Å². The van der Waals surface area contributed by atoms with Crippen LogP contribution in [0.15, 0.2) is 52.0 Å². The molecule has 1 fully saturated rings. The van der Waals surface area contributed by atoms with Crippen molar-refractivity contribution in [3.8, 4) is 5.75 Å². The second-order valence-corrected chi connectivity index (χ2v) is 7.22. The highest BCUT2D eigenvalue weighted by Gasteiger charge is 2.16. The van der Waals surface area contributed by atoms with Gasteiger partial charge >= 0.3 is 0 Å². The molecule has 1 aliphatic heterocycles. The SMILES string of the molecule is COc1ccc(C=NN2CCN(Cc3ccccc3Cl)CC2)cc1Br. The van der Waals surface area contributed by atoms with Crippen molar-refractivity contribution in [2.75, 3.05) is 33.3 Å². The lowest BCUT2D eigenvalue weighted by Gasteiger charge is -2.33. The summed E-state index contributed by atoms with van der Waals surface area (Å²) in [5.41, 5.74) is 2.23. The van der Waals surface area contributed by atoms with Crippen molar-refractivity contribution in [3.05, 3.63) is 63.1 Å². The lowest BCUT2D eigenvalue weighted by molar-refractivity contribution is 0.131. The second-order valence-electron chi connectivity index (χ2n) is 5.96. The van der Waals surface area contributed by atoms with Gasteiger partial charge in [-0.1, -0.05) is 29.8 Å². The van der Waals surface area contributed by atoms with Crippen molar-refractivity contribution in [2.24, 2.45) is 5.10 Å². The summed E-state index contributed by atoms with van der Waals surface area (Å²) in [6, 6.07) is 14.0. The van der Waals surface area contributed by atoms with Gasteiger partial charge in [-0.05, 0) is 51.3 Å². The highest BCUT2D eigenvalue weighted by atomic mass is 79.9. The smallest absolute Gasteiger partial charge is 0.133 e. The van der Waals surface area contributed by atoms with E-state index < -0.39 is 0 Å². The summed E-state index contributed by atoms with van der Waals surface area (Å²) in [6.07, 6.45) is 1.90. The summed E-state index contributed by atoms with van der Waals surface area (Å²) in [5.74, 6) is 0.824. The third-order valence-corrected chi connectivity index (χ3v) is 5.23. The zero-order valence-corrected chi connectivity index (χ0v) is 16.5. The molecule has 3 rings (SSSR count). The molecule has 0 N–H and O–H groups in total. The predicted octanol–water partition coefficient (Wildman–Crippen LogP) is 4.26. The van der Waals surface area contributed by atoms with Gasteiger partial charge in [0.05, 0.1) is 17.8 Å². The Hall–Kier alpha value is -1.56. The highest BCUT2D eigenvalue weighted by molar-refractivity contribution is 9.10. The third kappa shape index (κ3) is 4.97. The summed E-state index contributed by atoms with van der Waals surface area (Å²) in [4.78, 5) is 2.41. The van der Waals surface area contributed by atoms with Crippen molar-refractivity contribution < 1.29 is 4.74 Å². The van der Waals surface area contributed by atoms with Gasteiger partial charge in [0.2, 0.25) is 0 Å². The van der Waals surface area contributed by atoms with Gasteiger partial charge in [-0.25, -0.2) is 0 Å². The van der Waals surface area contributed by atoms with Gasteiger partial charge in [-0.15, -0.1) is 0 Å². The largest absolute Gasteiger partial charge is 0.496 e. The summed E-state index contributed by atoms with van der Waals surface area (Å²) in [7, 11) is 1.66. The molecule has 0 radical (unpaired) electrons. The molecule has 0 unspecified atom stereocenters. The van der Waals surface area contributed by atoms with Gasteiger partial charge in [0.1, 0.15) is 5.75 Å². The summed E-state index contributed by atoms with van der Waals surface area (Å²) in [5, 5.41) is 7.56. The Balaban J connectivity index is 1.52. The van der Waals surface area contributed by atoms with Crippen LogP contribution in [-0.4, -0.2) is 49.4 Å². The zero-order valence-electron chi connectivity index (χ0n) is 14.2. The maximum atomic E-state index is 6.25. The second kappa shape index (κ2) is 8.70. The number of methoxy groups -OCH3 is 1. The molecule has 0 spiro atoms. The molecule has 4 nitrogen and oxygen atoms in total. The first kappa shape index (κ1) is 18.2. The molecule has 25 heavy (non-hydrogen) atoms. The summed E-state index contributed by atoms with van der Waals surface area (Å²) in [6.45, 7) is 4.68. The van der Waals surface area contributed by atoms with E-state index in [0.717, 1.165) is 53.5 Å². The zero-order chi connectivity index (χ0) is 17.6. The van der Waals surface area contributed by atoms with E-state index in [1.807, 2.05) is 42.6 Å². The number of hydrogen-bond acceptors (Lipinski definition) is 4. The number of benzene rings is 2. The number of hydrazone groups is 1. The minimum Gasteiger partial charge on any atom is -0.496 e. The van der Waals surface area contributed by atoms with Gasteiger partial charge in [-0.2, -0.15) is 5.10 Å². The number of rotatable bonds is 5. The van der Waals surface area contributed by atoms with Gasteiger partial charge < -0.3 is 4.74 Å². The van der Waals surface area contributed by atoms with Crippen LogP contribution in [0.25, 0.3) is 0 Å². The maximum absolute atomic E-state index is 6.25. The average Bonchev–Trinajstić information content (AvgIpc) is 2.63. The first-order chi connectivity index (χ1) is 12.2. The highest BCUT2D eigenvalue weighted by Crippen LogP contribution is 2.25. The van der Waals surface area contributed by atoms with E-state index in [4.69, 9.17) is 16.3 Å². The molecule has 0 bridgehead atoms. The lowest BCUT2D eigenvalue weighted by Crippen LogP contribution is -2.43. The van der Waals surface area contributed by atoms with Crippen LogP contribution in [0.1, 0.15) is 11.1 Å². The fourth-order valence-corrected chi connectivity index (χ4v) is 3.54. The number of ether oxygens (including phenoxy) is 1. The molecule has 0 saturated carbocycles. The Morgan fingerprint density at radius 3 is 2.60 bits per heavy atom. The predicted molar refractivity (Wildman–Crippen MR) is 107 cm³/mol. The van der Waals surface area contributed by atoms with Crippen LogP contribution in [0.3, 0.4) is 0 Å². The van der Waals surface area contributed by atoms with Crippen LogP contribution < -0.4 is 4.74 Å². The van der Waals surface area contributed by atoms with E-state index in [-0.39, 0.29) is 0 Å². The van der Waals surface area contributed by atoms with Crippen LogP contribution >= 0.6 is 27.5 Å². The third-order valence-electron chi connectivity index (χ3n) is 4.25. The minimum atomic E-state index is 0.824. The van der Waals surface area contributed by atoms with Crippen molar-refractivity contribution in [1.29, 1.82) is 0 Å². The quantitative estimate of drug-likeness (QED) is 0.674. The molecule has 0 atom stereocenters. The Labute approximate surface area is 162 Å². The number of nitrogens with zero attached hydrogens (tertiary/aromatic N) is 3. The lowest BCUT2D eigenvalue weighted by atomic mass is 10.2. The molecule has 2 aromatic rings. The van der Waals surface area contributed by atoms with E-state index >= 15 is 0 Å². The fraction of sp³-hybridized carbons (Fsp3) is 0.316. The topological polar surface area (TPSA) is 28.1 Å². The van der Waals surface area contributed by atoms with Crippen LogP contribution in [0.4, 0.5) is 0 Å². The molecule has 132 valence electrons. The van der Waals surface area contributed by atoms with Gasteiger partial charge in [-0.3, -0.25) is 9.91 Å². The Kier molecular flexibility index (Phi) is 6.34. The van der Waals surface area contributed by atoms with Crippen LogP contribution in [0.5, 0.6) is 5.75 Å². The summed E-state index contributed by atoms with van der Waals surface area (Å²) >= 11 is 9.75. The first-order valence-electron chi connectivity index (χ1n) is 8.24. The van der Waals surface area contributed by atoms with E-state index in [2.05, 4.69) is 37.0 Å². The molecule has 1 aliphatic rings. The molecular weight excluding hydrogens is 402 g/mol. The molecule has 2 aromatic carbocycles. The van der Waals surface area contributed by atoms with Gasteiger partial charge in [0, 0.05) is 37.7 Å². The van der Waals surface area contributed by atoms with Crippen molar-refractivity contribution >= 4 is 33.7 Å². The maximum Gasteiger partial charge on any atom is 0.133 e. The van der Waals surface area contributed by atoms with E-state index in [9.17, 15) is 0 Å². The fourth-order valence-electron chi connectivity index (χ4n) is 2.79. The van der Waals surface area contributed by atoms with Crippen molar-refractivity contribution in [3.63, 3.8) is 0 Å². The molecule has 1 heterocycles. The molecule has 1 saturated heterocycles. The first-order valence-corrected chi connectivity index (χ1v) is 9.41. The molecule has 0 aromatic heterocycles. The van der Waals surface area contributed by atoms with E-state index in [1.54, 1.807) is 7.11 Å². The minimum absolute atomic E-state index is 0.824. The van der Waals surface area contributed by atoms with E-state index in [1.165, 1.54) is 5.56 Å². The van der Waals surface area contributed by atoms with Crippen LogP contribution in [-0.2, 0) is 6.54 Å². The monoisotopic (exact) mass is 421 g/mol. The van der Waals surface area contributed by atoms with E-state index in [0.29, 0.717) is 0 Å². The van der Waals surface area contributed by atoms with Crippen molar-refractivity contribution in [2.45, 2.75) is 6.54 Å². The van der Waals surface area contributed by atoms with Crippen LogP contribution in [0, 0.1) is 0 Å². The number of hydrogen-bond donors (Lipinski definition) is 0. The molecular formula is C19H21BrClN3O. The Bertz CT molecular complexity index is 745. The Morgan fingerprint density at radius 1 is 1.16 bits per heavy atom. The Morgan fingerprint density at radius 2 is 1.92 bits per heavy atom. The summed E-state index contributed by atoms with van der Waals surface area (Å²) < 4.78 is 6.18. The van der Waals surface area contributed by atoms with Crippen molar-refractivity contribution in [1.82, 2.24) is 9.91 Å². The normalized spacial score (nSPS) is 15.7.